The molecular weight excluding hydrogens is 480 g/mol. The molecule has 1 atom stereocenters. The van der Waals surface area contributed by atoms with Crippen LogP contribution in [0.15, 0.2) is 42.5 Å². The number of rotatable bonds is 9. The number of methoxy groups -OCH3 is 4. The predicted octanol–water partition coefficient (Wildman–Crippen LogP) is 4.92. The Morgan fingerprint density at radius 1 is 0.861 bits per heavy atom. The van der Waals surface area contributed by atoms with E-state index in [1.807, 2.05) is 49.4 Å². The van der Waals surface area contributed by atoms with Crippen LogP contribution in [-0.4, -0.2) is 76.2 Å². The molecule has 0 radical (unpaired) electrons. The zero-order chi connectivity index (χ0) is 25.8. The number of carbonyl (C=O) groups excluding carboxylic acids is 1. The minimum Gasteiger partial charge on any atom is -0.495 e. The van der Waals surface area contributed by atoms with Crippen molar-refractivity contribution in [1.29, 1.82) is 0 Å². The molecule has 1 fully saturated rings. The first-order valence-corrected chi connectivity index (χ1v) is 12.3. The molecule has 3 aromatic carbocycles. The van der Waals surface area contributed by atoms with Crippen molar-refractivity contribution in [1.82, 2.24) is 9.80 Å². The largest absolute Gasteiger partial charge is 0.495 e. The molecule has 0 bridgehead atoms. The summed E-state index contributed by atoms with van der Waals surface area (Å²) in [7, 11) is 6.45. The Balaban J connectivity index is 1.40. The molecule has 1 aliphatic rings. The lowest BCUT2D eigenvalue weighted by atomic mass is 9.99. The molecule has 1 aliphatic heterocycles. The van der Waals surface area contributed by atoms with E-state index in [9.17, 15) is 4.79 Å². The minimum absolute atomic E-state index is 0.113. The van der Waals surface area contributed by atoms with E-state index in [0.717, 1.165) is 49.1 Å². The molecule has 1 heterocycles. The molecule has 3 aromatic rings. The topological polar surface area (TPSA) is 60.5 Å². The number of ether oxygens (including phenoxy) is 4. The van der Waals surface area contributed by atoms with Crippen LogP contribution in [0.2, 0.25) is 5.02 Å². The van der Waals surface area contributed by atoms with Crippen molar-refractivity contribution in [2.45, 2.75) is 19.5 Å². The fourth-order valence-corrected chi connectivity index (χ4v) is 5.10. The van der Waals surface area contributed by atoms with E-state index in [2.05, 4.69) is 9.80 Å². The molecule has 8 heteroatoms. The summed E-state index contributed by atoms with van der Waals surface area (Å²) >= 11 is 6.44. The first-order valence-electron chi connectivity index (χ1n) is 12.0. The van der Waals surface area contributed by atoms with E-state index in [0.29, 0.717) is 33.6 Å². The zero-order valence-electron chi connectivity index (χ0n) is 21.5. The van der Waals surface area contributed by atoms with Crippen molar-refractivity contribution in [3.8, 4) is 23.0 Å². The normalized spacial score (nSPS) is 15.5. The van der Waals surface area contributed by atoms with Crippen LogP contribution in [0.25, 0.3) is 10.8 Å². The van der Waals surface area contributed by atoms with Crippen LogP contribution in [0, 0.1) is 0 Å². The van der Waals surface area contributed by atoms with Crippen molar-refractivity contribution in [2.75, 3.05) is 54.6 Å². The Kier molecular flexibility index (Phi) is 8.24. The van der Waals surface area contributed by atoms with Crippen LogP contribution in [0.3, 0.4) is 0 Å². The molecule has 0 N–H and O–H groups in total. The van der Waals surface area contributed by atoms with Crippen LogP contribution in [0.5, 0.6) is 23.0 Å². The monoisotopic (exact) mass is 512 g/mol. The Labute approximate surface area is 217 Å². The van der Waals surface area contributed by atoms with Gasteiger partial charge in [-0.1, -0.05) is 29.8 Å². The van der Waals surface area contributed by atoms with Gasteiger partial charge in [0.05, 0.1) is 39.5 Å². The quantitative estimate of drug-likeness (QED) is 0.377. The van der Waals surface area contributed by atoms with Gasteiger partial charge in [-0.2, -0.15) is 0 Å². The Bertz CT molecular complexity index is 1220. The predicted molar refractivity (Wildman–Crippen MR) is 142 cm³/mol. The van der Waals surface area contributed by atoms with Crippen LogP contribution >= 0.6 is 11.6 Å². The average Bonchev–Trinajstić information content (AvgIpc) is 2.92. The van der Waals surface area contributed by atoms with Crippen molar-refractivity contribution < 1.29 is 23.7 Å². The molecule has 0 saturated carbocycles. The first-order chi connectivity index (χ1) is 17.4. The summed E-state index contributed by atoms with van der Waals surface area (Å²) in [5.41, 5.74) is 1.78. The number of hydrogen-bond donors (Lipinski definition) is 0. The van der Waals surface area contributed by atoms with Crippen LogP contribution in [-0.2, 0) is 6.54 Å². The van der Waals surface area contributed by atoms with E-state index < -0.39 is 0 Å². The highest BCUT2D eigenvalue weighted by atomic mass is 35.5. The van der Waals surface area contributed by atoms with E-state index in [1.165, 1.54) is 0 Å². The second kappa shape index (κ2) is 11.4. The van der Waals surface area contributed by atoms with Crippen molar-refractivity contribution in [2.24, 2.45) is 0 Å². The van der Waals surface area contributed by atoms with Gasteiger partial charge < -0.3 is 18.9 Å². The molecule has 0 aromatic heterocycles. The third-order valence-corrected chi connectivity index (χ3v) is 7.28. The van der Waals surface area contributed by atoms with Crippen LogP contribution in [0.4, 0.5) is 0 Å². The highest BCUT2D eigenvalue weighted by Gasteiger charge is 2.27. The molecule has 0 aliphatic carbocycles. The summed E-state index contributed by atoms with van der Waals surface area (Å²) in [4.78, 5) is 17.9. The molecule has 36 heavy (non-hydrogen) atoms. The number of piperazine rings is 1. The fourth-order valence-electron chi connectivity index (χ4n) is 4.78. The summed E-state index contributed by atoms with van der Waals surface area (Å²) in [5.74, 6) is 2.64. The van der Waals surface area contributed by atoms with Gasteiger partial charge in [-0.25, -0.2) is 0 Å². The molecule has 4 rings (SSSR count). The fraction of sp³-hybridized carbons (Fsp3) is 0.393. The molecular formula is C28H33ClN2O5. The summed E-state index contributed by atoms with van der Waals surface area (Å²) in [6.07, 6.45) is 0. The lowest BCUT2D eigenvalue weighted by Crippen LogP contribution is -2.51. The maximum Gasteiger partial charge on any atom is 0.203 e. The lowest BCUT2D eigenvalue weighted by molar-refractivity contribution is 0.0687. The SMILES string of the molecule is COc1cc(CN2CCN(C(C)C(=O)c3ccc4c(Cl)c(OC)ccc4c3)CC2)cc(OC)c1OC. The van der Waals surface area contributed by atoms with Gasteiger partial charge in [0.15, 0.2) is 17.3 Å². The number of Topliss-reactive ketones (excluding diaryl/α,β-unsaturated/α-hetero) is 1. The van der Waals surface area contributed by atoms with Gasteiger partial charge in [0.25, 0.3) is 0 Å². The van der Waals surface area contributed by atoms with Gasteiger partial charge in [0.1, 0.15) is 5.75 Å². The number of carbonyl (C=O) groups is 1. The van der Waals surface area contributed by atoms with Gasteiger partial charge in [-0.15, -0.1) is 0 Å². The standard InChI is InChI=1S/C28H33ClN2O5/c1-18(27(32)21-6-8-22-20(16-21)7-9-23(33-2)26(22)29)31-12-10-30(11-13-31)17-19-14-24(34-3)28(36-5)25(15-19)35-4/h6-9,14-16,18H,10-13,17H2,1-5H3. The number of fused-ring (bicyclic) bond motifs is 1. The van der Waals surface area contributed by atoms with Crippen molar-refractivity contribution in [3.63, 3.8) is 0 Å². The molecule has 192 valence electrons. The number of halogens is 1. The Hall–Kier alpha value is -3.00. The lowest BCUT2D eigenvalue weighted by Gasteiger charge is -2.37. The third kappa shape index (κ3) is 5.24. The van der Waals surface area contributed by atoms with Crippen LogP contribution < -0.4 is 18.9 Å². The Morgan fingerprint density at radius 3 is 2.08 bits per heavy atom. The molecule has 7 nitrogen and oxygen atoms in total. The van der Waals surface area contributed by atoms with E-state index in [4.69, 9.17) is 30.5 Å². The number of ketones is 1. The summed E-state index contributed by atoms with van der Waals surface area (Å²) in [5, 5.41) is 2.36. The van der Waals surface area contributed by atoms with Crippen molar-refractivity contribution >= 4 is 28.2 Å². The van der Waals surface area contributed by atoms with Crippen molar-refractivity contribution in [3.05, 3.63) is 58.6 Å². The number of benzene rings is 3. The first kappa shape index (κ1) is 26.1. The van der Waals surface area contributed by atoms with Gasteiger partial charge in [-0.05, 0) is 42.1 Å². The second-order valence-corrected chi connectivity index (χ2v) is 9.28. The van der Waals surface area contributed by atoms with Gasteiger partial charge in [0, 0.05) is 43.7 Å². The zero-order valence-corrected chi connectivity index (χ0v) is 22.2. The van der Waals surface area contributed by atoms with Crippen LogP contribution in [0.1, 0.15) is 22.8 Å². The summed E-state index contributed by atoms with van der Waals surface area (Å²) in [6, 6.07) is 13.2. The maximum absolute atomic E-state index is 13.3. The molecule has 0 amide bonds. The third-order valence-electron chi connectivity index (χ3n) is 6.89. The highest BCUT2D eigenvalue weighted by molar-refractivity contribution is 6.37. The molecule has 0 spiro atoms. The van der Waals surface area contributed by atoms with Gasteiger partial charge in [0.2, 0.25) is 5.75 Å². The maximum atomic E-state index is 13.3. The van der Waals surface area contributed by atoms with E-state index in [-0.39, 0.29) is 11.8 Å². The Morgan fingerprint density at radius 2 is 1.50 bits per heavy atom. The summed E-state index contributed by atoms with van der Waals surface area (Å²) in [6.45, 7) is 6.11. The van der Waals surface area contributed by atoms with Gasteiger partial charge >= 0.3 is 0 Å². The minimum atomic E-state index is -0.209. The van der Waals surface area contributed by atoms with E-state index >= 15 is 0 Å². The second-order valence-electron chi connectivity index (χ2n) is 8.90. The smallest absolute Gasteiger partial charge is 0.203 e. The molecule has 1 unspecified atom stereocenters. The van der Waals surface area contributed by atoms with E-state index in [1.54, 1.807) is 28.4 Å². The average molecular weight is 513 g/mol. The summed E-state index contributed by atoms with van der Waals surface area (Å²) < 4.78 is 21.7. The number of hydrogen-bond acceptors (Lipinski definition) is 7. The van der Waals surface area contributed by atoms with Gasteiger partial charge in [-0.3, -0.25) is 14.6 Å². The number of nitrogens with zero attached hydrogens (tertiary/aromatic N) is 2. The molecule has 1 saturated heterocycles. The highest BCUT2D eigenvalue weighted by Crippen LogP contribution is 2.38.